The Morgan fingerprint density at radius 2 is 1.67 bits per heavy atom. The molecule has 6 aromatic rings. The fourth-order valence-electron chi connectivity index (χ4n) is 4.83. The van der Waals surface area contributed by atoms with E-state index in [1.54, 1.807) is 10.8 Å². The highest BCUT2D eigenvalue weighted by atomic mass is 16.5. The van der Waals surface area contributed by atoms with E-state index >= 15 is 0 Å². The number of pyridine rings is 2. The molecule has 0 fully saturated rings. The number of nitrogens with one attached hydrogen (secondary N) is 1. The number of hydrogen-bond donors (Lipinski definition) is 1. The number of rotatable bonds is 7. The van der Waals surface area contributed by atoms with Crippen molar-refractivity contribution in [2.24, 2.45) is 0 Å². The van der Waals surface area contributed by atoms with Crippen LogP contribution >= 0.6 is 0 Å². The third kappa shape index (κ3) is 4.82. The lowest BCUT2D eigenvalue weighted by Gasteiger charge is -2.22. The van der Waals surface area contributed by atoms with Crippen LogP contribution in [0.4, 0.5) is 5.82 Å². The molecule has 1 N–H and O–H groups in total. The number of anilines is 1. The van der Waals surface area contributed by atoms with E-state index in [-0.39, 0.29) is 17.6 Å². The number of benzene rings is 3. The molecule has 0 amide bonds. The number of aromatic nitrogens is 4. The summed E-state index contributed by atoms with van der Waals surface area (Å²) < 4.78 is 7.74. The molecule has 0 spiro atoms. The zero-order valence-corrected chi connectivity index (χ0v) is 21.7. The first kappa shape index (κ1) is 24.3. The molecule has 3 aromatic carbocycles. The Hall–Kier alpha value is -5.04. The highest BCUT2D eigenvalue weighted by molar-refractivity contribution is 5.87. The topological polar surface area (TPSA) is 81.9 Å². The van der Waals surface area contributed by atoms with Crippen LogP contribution in [0.1, 0.15) is 29.8 Å². The third-order valence-corrected chi connectivity index (χ3v) is 6.74. The molecule has 0 saturated heterocycles. The minimum atomic E-state index is -0.301. The molecule has 0 radical (unpaired) electrons. The van der Waals surface area contributed by atoms with Crippen molar-refractivity contribution in [3.63, 3.8) is 0 Å². The second kappa shape index (κ2) is 10.4. The maximum atomic E-state index is 13.9. The Bertz CT molecular complexity index is 1840. The summed E-state index contributed by atoms with van der Waals surface area (Å²) >= 11 is 0. The van der Waals surface area contributed by atoms with E-state index in [2.05, 4.69) is 26.3 Å². The summed E-state index contributed by atoms with van der Waals surface area (Å²) in [6.07, 6.45) is 1.71. The van der Waals surface area contributed by atoms with E-state index in [0.717, 1.165) is 27.9 Å². The largest absolute Gasteiger partial charge is 0.459 e. The Labute approximate surface area is 225 Å². The lowest BCUT2D eigenvalue weighted by atomic mass is 10.0. The van der Waals surface area contributed by atoms with Crippen LogP contribution in [-0.2, 0) is 6.61 Å². The number of fused-ring (bicyclic) bond motifs is 2. The Morgan fingerprint density at radius 3 is 2.46 bits per heavy atom. The summed E-state index contributed by atoms with van der Waals surface area (Å²) in [5.41, 5.74) is 4.81. The summed E-state index contributed by atoms with van der Waals surface area (Å²) in [6.45, 7) is 4.33. The molecule has 39 heavy (non-hydrogen) atoms. The van der Waals surface area contributed by atoms with Crippen molar-refractivity contribution in [3.8, 4) is 11.7 Å². The normalized spacial score (nSPS) is 11.9. The Kier molecular flexibility index (Phi) is 6.47. The number of para-hydroxylation sites is 1. The summed E-state index contributed by atoms with van der Waals surface area (Å²) in [5, 5.41) is 5.11. The quantitative estimate of drug-likeness (QED) is 0.266. The SMILES string of the molecule is Cc1cccc2cc([C@H](C)Nc3nc(OCc4ccccc4)nc4cccnc34)n(-c3ccccc3)c(=O)c12. The highest BCUT2D eigenvalue weighted by Gasteiger charge is 2.19. The average molecular weight is 514 g/mol. The molecule has 0 unspecified atom stereocenters. The Morgan fingerprint density at radius 1 is 0.897 bits per heavy atom. The monoisotopic (exact) mass is 513 g/mol. The van der Waals surface area contributed by atoms with Gasteiger partial charge in [0.05, 0.1) is 16.9 Å². The van der Waals surface area contributed by atoms with Gasteiger partial charge in [0.1, 0.15) is 12.1 Å². The fraction of sp³-hybridized carbons (Fsp3) is 0.125. The van der Waals surface area contributed by atoms with Crippen LogP contribution in [0.3, 0.4) is 0 Å². The van der Waals surface area contributed by atoms with Gasteiger partial charge in [-0.05, 0) is 60.7 Å². The van der Waals surface area contributed by atoms with E-state index in [1.807, 2.05) is 105 Å². The zero-order chi connectivity index (χ0) is 26.8. The van der Waals surface area contributed by atoms with Crippen LogP contribution in [-0.4, -0.2) is 19.5 Å². The molecule has 0 aliphatic rings. The lowest BCUT2D eigenvalue weighted by Crippen LogP contribution is -2.26. The van der Waals surface area contributed by atoms with Crippen LogP contribution < -0.4 is 15.6 Å². The molecule has 7 heteroatoms. The van der Waals surface area contributed by atoms with E-state index in [1.165, 1.54) is 0 Å². The molecule has 0 bridgehead atoms. The molecule has 3 heterocycles. The molecular formula is C32H27N5O2. The highest BCUT2D eigenvalue weighted by Crippen LogP contribution is 2.28. The molecule has 0 aliphatic heterocycles. The molecule has 7 nitrogen and oxygen atoms in total. The van der Waals surface area contributed by atoms with Gasteiger partial charge in [-0.2, -0.15) is 9.97 Å². The van der Waals surface area contributed by atoms with Gasteiger partial charge in [0.25, 0.3) is 5.56 Å². The van der Waals surface area contributed by atoms with Crippen molar-refractivity contribution in [3.05, 3.63) is 130 Å². The fourth-order valence-corrected chi connectivity index (χ4v) is 4.83. The van der Waals surface area contributed by atoms with Crippen molar-refractivity contribution in [2.75, 3.05) is 5.32 Å². The van der Waals surface area contributed by atoms with Crippen molar-refractivity contribution >= 4 is 27.6 Å². The summed E-state index contributed by atoms with van der Waals surface area (Å²) in [7, 11) is 0. The van der Waals surface area contributed by atoms with Gasteiger partial charge in [-0.1, -0.05) is 66.7 Å². The zero-order valence-electron chi connectivity index (χ0n) is 21.7. The number of ether oxygens (including phenoxy) is 1. The predicted octanol–water partition coefficient (Wildman–Crippen LogP) is 6.39. The minimum Gasteiger partial charge on any atom is -0.459 e. The summed E-state index contributed by atoms with van der Waals surface area (Å²) in [6, 6.07) is 31.3. The van der Waals surface area contributed by atoms with E-state index < -0.39 is 0 Å². The van der Waals surface area contributed by atoms with Gasteiger partial charge in [-0.3, -0.25) is 14.3 Å². The molecule has 1 atom stereocenters. The molecule has 6 rings (SSSR count). The van der Waals surface area contributed by atoms with Gasteiger partial charge >= 0.3 is 6.01 Å². The van der Waals surface area contributed by atoms with Gasteiger partial charge in [-0.25, -0.2) is 0 Å². The standard InChI is InChI=1S/C32H27N5O2/c1-21-11-9-14-24-19-27(37(31(38)28(21)24)25-15-7-4-8-16-25)22(2)34-30-29-26(17-10-18-33-29)35-32(36-30)39-20-23-12-5-3-6-13-23/h3-19,22H,20H2,1-2H3,(H,34,35,36)/t22-/m0/s1. The van der Waals surface area contributed by atoms with Crippen molar-refractivity contribution in [1.82, 2.24) is 19.5 Å². The number of aryl methyl sites for hydroxylation is 1. The average Bonchev–Trinajstić information content (AvgIpc) is 2.97. The number of hydrogen-bond acceptors (Lipinski definition) is 6. The van der Waals surface area contributed by atoms with Gasteiger partial charge in [0.15, 0.2) is 5.82 Å². The van der Waals surface area contributed by atoms with Crippen LogP contribution in [0.25, 0.3) is 27.5 Å². The molecule has 3 aromatic heterocycles. The van der Waals surface area contributed by atoms with Gasteiger partial charge in [0, 0.05) is 17.6 Å². The second-order valence-electron chi connectivity index (χ2n) is 9.45. The first-order valence-corrected chi connectivity index (χ1v) is 12.9. The smallest absolute Gasteiger partial charge is 0.319 e. The number of nitrogens with zero attached hydrogens (tertiary/aromatic N) is 4. The summed E-state index contributed by atoms with van der Waals surface area (Å²) in [4.78, 5) is 27.7. The Balaban J connectivity index is 1.43. The third-order valence-electron chi connectivity index (χ3n) is 6.74. The minimum absolute atomic E-state index is 0.0574. The van der Waals surface area contributed by atoms with Crippen molar-refractivity contribution < 1.29 is 4.74 Å². The predicted molar refractivity (Wildman–Crippen MR) is 154 cm³/mol. The molecule has 0 aliphatic carbocycles. The lowest BCUT2D eigenvalue weighted by molar-refractivity contribution is 0.282. The molecule has 192 valence electrons. The van der Waals surface area contributed by atoms with E-state index in [9.17, 15) is 4.79 Å². The summed E-state index contributed by atoms with van der Waals surface area (Å²) in [5.74, 6) is 0.535. The van der Waals surface area contributed by atoms with Gasteiger partial charge < -0.3 is 10.1 Å². The van der Waals surface area contributed by atoms with Crippen molar-refractivity contribution in [2.45, 2.75) is 26.5 Å². The molecular weight excluding hydrogens is 486 g/mol. The van der Waals surface area contributed by atoms with Crippen LogP contribution in [0.5, 0.6) is 6.01 Å². The van der Waals surface area contributed by atoms with Gasteiger partial charge in [0.2, 0.25) is 0 Å². The second-order valence-corrected chi connectivity index (χ2v) is 9.45. The van der Waals surface area contributed by atoms with Gasteiger partial charge in [-0.15, -0.1) is 0 Å². The van der Waals surface area contributed by atoms with Crippen LogP contribution in [0, 0.1) is 6.92 Å². The molecule has 0 saturated carbocycles. The maximum absolute atomic E-state index is 13.9. The van der Waals surface area contributed by atoms with E-state index in [4.69, 9.17) is 4.74 Å². The van der Waals surface area contributed by atoms with E-state index in [0.29, 0.717) is 28.8 Å². The van der Waals surface area contributed by atoms with Crippen LogP contribution in [0.2, 0.25) is 0 Å². The first-order chi connectivity index (χ1) is 19.1. The van der Waals surface area contributed by atoms with Crippen LogP contribution in [0.15, 0.2) is 108 Å². The van der Waals surface area contributed by atoms with Crippen molar-refractivity contribution in [1.29, 1.82) is 0 Å². The first-order valence-electron chi connectivity index (χ1n) is 12.9. The maximum Gasteiger partial charge on any atom is 0.319 e.